The van der Waals surface area contributed by atoms with Crippen molar-refractivity contribution in [2.24, 2.45) is 0 Å². The van der Waals surface area contributed by atoms with Crippen molar-refractivity contribution < 1.29 is 24.6 Å². The van der Waals surface area contributed by atoms with Crippen molar-refractivity contribution in [2.45, 2.75) is 0 Å². The van der Waals surface area contributed by atoms with Crippen LogP contribution in [0.5, 0.6) is 5.75 Å². The lowest BCUT2D eigenvalue weighted by molar-refractivity contribution is 0.0693. The molecule has 0 aromatic heterocycles. The third-order valence-electron chi connectivity index (χ3n) is 1.68. The molecule has 0 unspecified atom stereocenters. The number of phenolic OH excluding ortho intramolecular Hbond substituents is 1. The quantitative estimate of drug-likeness (QED) is 0.691. The zero-order valence-corrected chi connectivity index (χ0v) is 6.93. The zero-order chi connectivity index (χ0) is 10.7. The van der Waals surface area contributed by atoms with Crippen LogP contribution in [0.25, 0.3) is 0 Å². The Bertz CT molecular complexity index is 408. The van der Waals surface area contributed by atoms with E-state index in [0.717, 1.165) is 12.1 Å². The van der Waals surface area contributed by atoms with Crippen LogP contribution in [0.3, 0.4) is 0 Å². The Morgan fingerprint density at radius 1 is 1.14 bits per heavy atom. The molecule has 1 aromatic carbocycles. The number of aromatic carboxylic acids is 1. The first-order valence-corrected chi connectivity index (χ1v) is 3.60. The predicted octanol–water partition coefficient (Wildman–Crippen LogP) is 0.715. The predicted molar refractivity (Wildman–Crippen MR) is 45.8 cm³/mol. The third-order valence-corrected chi connectivity index (χ3v) is 1.68. The maximum atomic E-state index is 10.6. The van der Waals surface area contributed by atoms with E-state index < -0.39 is 11.7 Å². The van der Waals surface area contributed by atoms with Gasteiger partial charge in [-0.15, -0.1) is 0 Å². The number of aldehydes is 2. The fourth-order valence-corrected chi connectivity index (χ4v) is 1.000. The molecular weight excluding hydrogens is 188 g/mol. The summed E-state index contributed by atoms with van der Waals surface area (Å²) in [6.45, 7) is 0. The number of carboxylic acid groups (broad SMARTS) is 1. The molecule has 5 nitrogen and oxygen atoms in total. The van der Waals surface area contributed by atoms with Gasteiger partial charge in [-0.2, -0.15) is 0 Å². The van der Waals surface area contributed by atoms with E-state index in [9.17, 15) is 14.4 Å². The van der Waals surface area contributed by atoms with Gasteiger partial charge in [0.15, 0.2) is 12.6 Å². The number of benzene rings is 1. The molecule has 14 heavy (non-hydrogen) atoms. The molecule has 0 saturated carbocycles. The largest absolute Gasteiger partial charge is 0.507 e. The molecule has 0 aliphatic carbocycles. The Labute approximate surface area is 78.6 Å². The van der Waals surface area contributed by atoms with Gasteiger partial charge in [-0.1, -0.05) is 0 Å². The van der Waals surface area contributed by atoms with Crippen molar-refractivity contribution in [3.63, 3.8) is 0 Å². The van der Waals surface area contributed by atoms with Gasteiger partial charge < -0.3 is 10.2 Å². The molecular formula is C9H6O5. The smallest absolute Gasteiger partial charge is 0.336 e. The Morgan fingerprint density at radius 3 is 2.14 bits per heavy atom. The van der Waals surface area contributed by atoms with E-state index in [-0.39, 0.29) is 16.7 Å². The van der Waals surface area contributed by atoms with Gasteiger partial charge in [0.05, 0.1) is 11.1 Å². The summed E-state index contributed by atoms with van der Waals surface area (Å²) in [4.78, 5) is 31.4. The summed E-state index contributed by atoms with van der Waals surface area (Å²) in [5.74, 6) is -1.79. The Morgan fingerprint density at radius 2 is 1.71 bits per heavy atom. The summed E-state index contributed by atoms with van der Waals surface area (Å²) < 4.78 is 0. The van der Waals surface area contributed by atoms with Crippen LogP contribution >= 0.6 is 0 Å². The molecule has 0 spiro atoms. The van der Waals surface area contributed by atoms with Gasteiger partial charge in [-0.25, -0.2) is 4.79 Å². The highest BCUT2D eigenvalue weighted by Crippen LogP contribution is 2.20. The number of carboxylic acids is 1. The van der Waals surface area contributed by atoms with E-state index in [1.54, 1.807) is 0 Å². The number of hydrogen-bond acceptors (Lipinski definition) is 4. The van der Waals surface area contributed by atoms with Gasteiger partial charge >= 0.3 is 5.97 Å². The lowest BCUT2D eigenvalue weighted by atomic mass is 10.0. The van der Waals surface area contributed by atoms with Gasteiger partial charge in [0.25, 0.3) is 0 Å². The van der Waals surface area contributed by atoms with Crippen molar-refractivity contribution in [1.29, 1.82) is 0 Å². The summed E-state index contributed by atoms with van der Waals surface area (Å²) in [7, 11) is 0. The van der Waals surface area contributed by atoms with Crippen LogP contribution in [0.1, 0.15) is 31.1 Å². The van der Waals surface area contributed by atoms with Crippen LogP contribution in [0.4, 0.5) is 0 Å². The average molecular weight is 194 g/mol. The topological polar surface area (TPSA) is 91.7 Å². The number of hydrogen-bond donors (Lipinski definition) is 2. The Kier molecular flexibility index (Phi) is 2.62. The first kappa shape index (κ1) is 9.91. The third kappa shape index (κ3) is 1.61. The minimum atomic E-state index is -1.33. The summed E-state index contributed by atoms with van der Waals surface area (Å²) >= 11 is 0. The molecule has 0 aliphatic rings. The number of phenols is 1. The minimum Gasteiger partial charge on any atom is -0.507 e. The molecule has 2 N–H and O–H groups in total. The fraction of sp³-hybridized carbons (Fsp3) is 0. The number of rotatable bonds is 3. The minimum absolute atomic E-state index is 0.114. The maximum Gasteiger partial charge on any atom is 0.336 e. The molecule has 0 aliphatic heterocycles. The van der Waals surface area contributed by atoms with Crippen molar-refractivity contribution in [1.82, 2.24) is 0 Å². The van der Waals surface area contributed by atoms with Crippen molar-refractivity contribution >= 4 is 18.5 Å². The zero-order valence-electron chi connectivity index (χ0n) is 6.93. The van der Waals surface area contributed by atoms with Gasteiger partial charge in [0, 0.05) is 5.56 Å². The lowest BCUT2D eigenvalue weighted by Gasteiger charge is -2.02. The lowest BCUT2D eigenvalue weighted by Crippen LogP contribution is -2.02. The summed E-state index contributed by atoms with van der Waals surface area (Å²) in [6, 6.07) is 1.90. The maximum absolute atomic E-state index is 10.6. The molecule has 1 aromatic rings. The number of carbonyl (C=O) groups excluding carboxylic acids is 2. The highest BCUT2D eigenvalue weighted by molar-refractivity contribution is 5.99. The standard InChI is InChI=1S/C9H6O5/c10-3-5-1-6(4-11)8(12)2-7(5)9(13)14/h1-4,12H,(H,13,14). The molecule has 0 saturated heterocycles. The van der Waals surface area contributed by atoms with Crippen molar-refractivity contribution in [2.75, 3.05) is 0 Å². The second-order valence-corrected chi connectivity index (χ2v) is 2.54. The molecule has 5 heteroatoms. The second-order valence-electron chi connectivity index (χ2n) is 2.54. The SMILES string of the molecule is O=Cc1cc(C=O)c(C(=O)O)cc1O. The van der Waals surface area contributed by atoms with Crippen molar-refractivity contribution in [3.8, 4) is 5.75 Å². The molecule has 0 heterocycles. The van der Waals surface area contributed by atoms with Crippen LogP contribution in [-0.4, -0.2) is 28.8 Å². The Hall–Kier alpha value is -2.17. The van der Waals surface area contributed by atoms with Crippen molar-refractivity contribution in [3.05, 3.63) is 28.8 Å². The van der Waals surface area contributed by atoms with E-state index in [0.29, 0.717) is 12.6 Å². The second kappa shape index (κ2) is 3.69. The molecule has 0 radical (unpaired) electrons. The van der Waals surface area contributed by atoms with E-state index in [1.807, 2.05) is 0 Å². The van der Waals surface area contributed by atoms with Gasteiger partial charge in [0.1, 0.15) is 5.75 Å². The first-order valence-electron chi connectivity index (χ1n) is 3.60. The molecule has 0 amide bonds. The first-order chi connectivity index (χ1) is 6.60. The van der Waals surface area contributed by atoms with Gasteiger partial charge in [-0.05, 0) is 12.1 Å². The molecule has 72 valence electrons. The molecule has 0 bridgehead atoms. The van der Waals surface area contributed by atoms with Crippen LogP contribution < -0.4 is 0 Å². The average Bonchev–Trinajstić information content (AvgIpc) is 2.17. The van der Waals surface area contributed by atoms with E-state index >= 15 is 0 Å². The summed E-state index contributed by atoms with van der Waals surface area (Å²) in [6.07, 6.45) is 0.657. The Balaban J connectivity index is 3.46. The normalized spacial score (nSPS) is 9.43. The summed E-state index contributed by atoms with van der Waals surface area (Å²) in [5.41, 5.74) is -0.586. The number of carbonyl (C=O) groups is 3. The molecule has 0 atom stereocenters. The van der Waals surface area contributed by atoms with Gasteiger partial charge in [0.2, 0.25) is 0 Å². The monoisotopic (exact) mass is 194 g/mol. The highest BCUT2D eigenvalue weighted by atomic mass is 16.4. The van der Waals surface area contributed by atoms with E-state index in [2.05, 4.69) is 0 Å². The fourth-order valence-electron chi connectivity index (χ4n) is 1.000. The molecule has 0 fully saturated rings. The highest BCUT2D eigenvalue weighted by Gasteiger charge is 2.13. The van der Waals surface area contributed by atoms with Crippen LogP contribution in [-0.2, 0) is 0 Å². The number of aromatic hydroxyl groups is 1. The van der Waals surface area contributed by atoms with Gasteiger partial charge in [-0.3, -0.25) is 9.59 Å². The van der Waals surface area contributed by atoms with E-state index in [4.69, 9.17) is 10.2 Å². The molecule has 1 rings (SSSR count). The summed E-state index contributed by atoms with van der Waals surface area (Å²) in [5, 5.41) is 17.8. The van der Waals surface area contributed by atoms with E-state index in [1.165, 1.54) is 0 Å². The van der Waals surface area contributed by atoms with Crippen LogP contribution in [0.2, 0.25) is 0 Å². The van der Waals surface area contributed by atoms with Crippen LogP contribution in [0.15, 0.2) is 12.1 Å². The van der Waals surface area contributed by atoms with Crippen LogP contribution in [0, 0.1) is 0 Å².